The molecule has 4 aliphatic carbocycles. The Bertz CT molecular complexity index is 1630. The van der Waals surface area contributed by atoms with E-state index in [1.165, 1.54) is 51.1 Å². The Balaban J connectivity index is 0.000000203. The van der Waals surface area contributed by atoms with E-state index in [2.05, 4.69) is 85.8 Å². The standard InChI is InChI=1S/C28H26.C9H8O/c1-18-15-28-23(17-27(18)20-7-8-20)11-13-25-24-12-9-21(19-5-3-2-4-6-19)16-22(24)10-14-26(25)28;1-2-6-9-8(4-1)5-3-7-10-9/h2-6,9,11-15,17-18,20-21H,7-8,10,16H2,1H3;1-6H,7H2. The summed E-state index contributed by atoms with van der Waals surface area (Å²) in [6.45, 7) is 3.09. The summed E-state index contributed by atoms with van der Waals surface area (Å²) in [4.78, 5) is 0. The van der Waals surface area contributed by atoms with Crippen LogP contribution in [0.25, 0.3) is 29.9 Å². The highest BCUT2D eigenvalue weighted by Gasteiger charge is 2.30. The highest BCUT2D eigenvalue weighted by atomic mass is 16.5. The van der Waals surface area contributed by atoms with Gasteiger partial charge in [-0.1, -0.05) is 115 Å². The van der Waals surface area contributed by atoms with Crippen molar-refractivity contribution in [1.82, 2.24) is 0 Å². The van der Waals surface area contributed by atoms with Crippen LogP contribution >= 0.6 is 0 Å². The van der Waals surface area contributed by atoms with Crippen molar-refractivity contribution in [2.45, 2.75) is 38.5 Å². The van der Waals surface area contributed by atoms with Crippen molar-refractivity contribution in [2.75, 3.05) is 6.61 Å². The van der Waals surface area contributed by atoms with Crippen LogP contribution in [-0.2, 0) is 0 Å². The summed E-state index contributed by atoms with van der Waals surface area (Å²) in [5.41, 5.74) is 10.2. The van der Waals surface area contributed by atoms with Gasteiger partial charge in [0.1, 0.15) is 12.4 Å². The van der Waals surface area contributed by atoms with E-state index in [4.69, 9.17) is 4.74 Å². The van der Waals surface area contributed by atoms with E-state index in [9.17, 15) is 0 Å². The zero-order chi connectivity index (χ0) is 25.5. The summed E-state index contributed by atoms with van der Waals surface area (Å²) in [6.07, 6.45) is 21.4. The van der Waals surface area contributed by atoms with Crippen LogP contribution < -0.4 is 15.2 Å². The molecule has 1 aliphatic heterocycles. The van der Waals surface area contributed by atoms with Gasteiger partial charge in [-0.3, -0.25) is 0 Å². The van der Waals surface area contributed by atoms with E-state index in [1.807, 2.05) is 30.3 Å². The molecule has 1 fully saturated rings. The summed E-state index contributed by atoms with van der Waals surface area (Å²) in [7, 11) is 0. The average molecular weight is 495 g/mol. The van der Waals surface area contributed by atoms with Crippen molar-refractivity contribution < 1.29 is 4.74 Å². The lowest BCUT2D eigenvalue weighted by atomic mass is 9.78. The topological polar surface area (TPSA) is 9.23 Å². The van der Waals surface area contributed by atoms with E-state index in [1.54, 1.807) is 11.1 Å². The predicted octanol–water partition coefficient (Wildman–Crippen LogP) is 7.68. The van der Waals surface area contributed by atoms with Crippen LogP contribution in [0, 0.1) is 11.8 Å². The second kappa shape index (κ2) is 9.80. The van der Waals surface area contributed by atoms with E-state index < -0.39 is 0 Å². The number of fused-ring (bicyclic) bond motifs is 5. The fraction of sp³-hybridized carbons (Fsp3) is 0.243. The number of hydrogen-bond donors (Lipinski definition) is 0. The van der Waals surface area contributed by atoms with Gasteiger partial charge in [-0.05, 0) is 82.4 Å². The van der Waals surface area contributed by atoms with Crippen LogP contribution in [0.1, 0.15) is 60.8 Å². The SMILES string of the molecule is C1=Cc2ccccc2OC1.CC1C=c2c(ccc3c2=CCC2=C3C=CC(c3ccccc3)C2)C=C1C1CC1. The number of rotatable bonds is 2. The molecule has 0 saturated heterocycles. The van der Waals surface area contributed by atoms with Gasteiger partial charge in [-0.15, -0.1) is 0 Å². The first-order chi connectivity index (χ1) is 18.7. The average Bonchev–Trinajstić information content (AvgIpc) is 3.83. The lowest BCUT2D eigenvalue weighted by Crippen LogP contribution is -2.35. The third-order valence-electron chi connectivity index (χ3n) is 8.60. The highest BCUT2D eigenvalue weighted by Crippen LogP contribution is 2.42. The largest absolute Gasteiger partial charge is 0.489 e. The molecule has 0 bridgehead atoms. The van der Waals surface area contributed by atoms with Crippen molar-refractivity contribution in [3.8, 4) is 5.75 Å². The molecule has 2 unspecified atom stereocenters. The summed E-state index contributed by atoms with van der Waals surface area (Å²) in [5, 5.41) is 2.94. The van der Waals surface area contributed by atoms with E-state index >= 15 is 0 Å². The minimum absolute atomic E-state index is 0.517. The Kier molecular flexibility index (Phi) is 6.01. The van der Waals surface area contributed by atoms with Crippen LogP contribution in [0.2, 0.25) is 0 Å². The third kappa shape index (κ3) is 4.41. The van der Waals surface area contributed by atoms with Crippen LogP contribution in [0.4, 0.5) is 0 Å². The second-order valence-electron chi connectivity index (χ2n) is 11.2. The van der Waals surface area contributed by atoms with Gasteiger partial charge in [0.2, 0.25) is 0 Å². The molecule has 3 aromatic rings. The predicted molar refractivity (Wildman–Crippen MR) is 160 cm³/mol. The molecule has 1 heterocycles. The molecule has 38 heavy (non-hydrogen) atoms. The number of ether oxygens (including phenoxy) is 1. The third-order valence-corrected chi connectivity index (χ3v) is 8.60. The molecule has 188 valence electrons. The molecular weight excluding hydrogens is 460 g/mol. The first-order valence-corrected chi connectivity index (χ1v) is 14.1. The van der Waals surface area contributed by atoms with Crippen molar-refractivity contribution in [2.24, 2.45) is 11.8 Å². The maximum Gasteiger partial charge on any atom is 0.126 e. The van der Waals surface area contributed by atoms with Gasteiger partial charge in [0.25, 0.3) is 0 Å². The van der Waals surface area contributed by atoms with Crippen LogP contribution in [0.15, 0.2) is 96.1 Å². The number of benzene rings is 3. The van der Waals surface area contributed by atoms with Gasteiger partial charge in [0, 0.05) is 11.5 Å². The monoisotopic (exact) mass is 494 g/mol. The maximum atomic E-state index is 5.34. The fourth-order valence-electron chi connectivity index (χ4n) is 6.45. The van der Waals surface area contributed by atoms with Gasteiger partial charge in [0.15, 0.2) is 0 Å². The lowest BCUT2D eigenvalue weighted by molar-refractivity contribution is 0.358. The van der Waals surface area contributed by atoms with Gasteiger partial charge >= 0.3 is 0 Å². The fourth-order valence-corrected chi connectivity index (χ4v) is 6.45. The van der Waals surface area contributed by atoms with Crippen LogP contribution in [0.5, 0.6) is 5.75 Å². The van der Waals surface area contributed by atoms with Crippen molar-refractivity contribution >= 4 is 29.9 Å². The van der Waals surface area contributed by atoms with E-state index in [0.29, 0.717) is 18.4 Å². The number of para-hydroxylation sites is 1. The van der Waals surface area contributed by atoms with Crippen LogP contribution in [-0.4, -0.2) is 6.61 Å². The number of allylic oxidation sites excluding steroid dienone is 5. The van der Waals surface area contributed by atoms with Crippen molar-refractivity contribution in [3.05, 3.63) is 129 Å². The Morgan fingerprint density at radius 1 is 0.816 bits per heavy atom. The summed E-state index contributed by atoms with van der Waals surface area (Å²) < 4.78 is 5.34. The highest BCUT2D eigenvalue weighted by molar-refractivity contribution is 5.83. The maximum absolute atomic E-state index is 5.34. The minimum Gasteiger partial charge on any atom is -0.489 e. The first-order valence-electron chi connectivity index (χ1n) is 14.1. The molecule has 5 aliphatic rings. The van der Waals surface area contributed by atoms with Gasteiger partial charge < -0.3 is 4.74 Å². The van der Waals surface area contributed by atoms with Gasteiger partial charge in [0.05, 0.1) is 0 Å². The van der Waals surface area contributed by atoms with Crippen LogP contribution in [0.3, 0.4) is 0 Å². The zero-order valence-corrected chi connectivity index (χ0v) is 22.1. The number of hydrogen-bond acceptors (Lipinski definition) is 1. The molecule has 0 spiro atoms. The minimum atomic E-state index is 0.517. The van der Waals surface area contributed by atoms with Crippen molar-refractivity contribution in [1.29, 1.82) is 0 Å². The molecule has 1 nitrogen and oxygen atoms in total. The zero-order valence-electron chi connectivity index (χ0n) is 22.1. The lowest BCUT2D eigenvalue weighted by Gasteiger charge is -2.26. The van der Waals surface area contributed by atoms with E-state index in [0.717, 1.165) is 24.5 Å². The van der Waals surface area contributed by atoms with Crippen molar-refractivity contribution in [3.63, 3.8) is 0 Å². The molecular formula is C37H34O. The Morgan fingerprint density at radius 3 is 2.50 bits per heavy atom. The smallest absolute Gasteiger partial charge is 0.126 e. The normalized spacial score (nSPS) is 22.2. The summed E-state index contributed by atoms with van der Waals surface area (Å²) >= 11 is 0. The summed E-state index contributed by atoms with van der Waals surface area (Å²) in [5.74, 6) is 2.94. The molecule has 1 heteroatoms. The molecule has 3 aromatic carbocycles. The Hall–Kier alpha value is -3.84. The Morgan fingerprint density at radius 2 is 1.66 bits per heavy atom. The van der Waals surface area contributed by atoms with E-state index in [-0.39, 0.29) is 0 Å². The molecule has 2 atom stereocenters. The molecule has 0 N–H and O–H groups in total. The summed E-state index contributed by atoms with van der Waals surface area (Å²) in [6, 6.07) is 23.7. The van der Waals surface area contributed by atoms with Gasteiger partial charge in [-0.2, -0.15) is 0 Å². The molecule has 0 radical (unpaired) electrons. The first kappa shape index (κ1) is 23.3. The Labute approximate surface area is 225 Å². The molecule has 1 saturated carbocycles. The second-order valence-corrected chi connectivity index (χ2v) is 11.2. The quantitative estimate of drug-likeness (QED) is 0.355. The molecule has 0 amide bonds. The van der Waals surface area contributed by atoms with Gasteiger partial charge in [-0.25, -0.2) is 0 Å². The molecule has 8 rings (SSSR count). The molecule has 0 aromatic heterocycles.